The zero-order chi connectivity index (χ0) is 12.3. The zero-order valence-corrected chi connectivity index (χ0v) is 13.0. The van der Waals surface area contributed by atoms with Crippen LogP contribution in [0.3, 0.4) is 0 Å². The smallest absolute Gasteiger partial charge is 0.0161 e. The van der Waals surface area contributed by atoms with Crippen molar-refractivity contribution in [3.8, 4) is 0 Å². The van der Waals surface area contributed by atoms with E-state index >= 15 is 0 Å². The van der Waals surface area contributed by atoms with Crippen LogP contribution in [0.2, 0.25) is 0 Å². The average molecular weight is 311 g/mol. The second kappa shape index (κ2) is 4.48. The minimum atomic E-state index is 0.793. The molecule has 3 saturated carbocycles. The standard InChI is InChI=1S/C16H25BrN/c1-18-15-7-6-11(17)9-13(15)14-8-10-4-2-3-5-12(10)16(14)18/h8,10-16H,2-7,9H2,1H3. The van der Waals surface area contributed by atoms with Crippen molar-refractivity contribution in [3.63, 3.8) is 0 Å². The number of likely N-dealkylation sites (tertiary alicyclic amines) is 1. The van der Waals surface area contributed by atoms with Crippen LogP contribution in [-0.4, -0.2) is 28.9 Å². The maximum Gasteiger partial charge on any atom is 0.0161 e. The highest BCUT2D eigenvalue weighted by Gasteiger charge is 2.57. The maximum absolute atomic E-state index is 3.89. The predicted octanol–water partition coefficient (Wildman–Crippen LogP) is 3.87. The van der Waals surface area contributed by atoms with Gasteiger partial charge in [-0.05, 0) is 69.2 Å². The highest BCUT2D eigenvalue weighted by Crippen LogP contribution is 2.56. The van der Waals surface area contributed by atoms with E-state index in [1.165, 1.54) is 44.9 Å². The lowest BCUT2D eigenvalue weighted by atomic mass is 9.78. The fourth-order valence-corrected chi connectivity index (χ4v) is 6.48. The monoisotopic (exact) mass is 310 g/mol. The molecule has 0 aromatic heterocycles. The summed E-state index contributed by atoms with van der Waals surface area (Å²) in [6, 6.07) is 1.80. The molecule has 4 aliphatic rings. The van der Waals surface area contributed by atoms with E-state index in [0.29, 0.717) is 0 Å². The first-order valence-electron chi connectivity index (χ1n) is 7.96. The molecule has 1 aliphatic heterocycles. The van der Waals surface area contributed by atoms with Gasteiger partial charge in [-0.15, -0.1) is 0 Å². The van der Waals surface area contributed by atoms with Gasteiger partial charge in [0.2, 0.25) is 0 Å². The van der Waals surface area contributed by atoms with Crippen LogP contribution in [0.25, 0.3) is 0 Å². The fraction of sp³-hybridized carbons (Fsp3) is 0.938. The summed E-state index contributed by atoms with van der Waals surface area (Å²) in [5, 5.41) is 0. The molecular formula is C16H25BrN. The Kier molecular flexibility index (Phi) is 3.04. The van der Waals surface area contributed by atoms with E-state index in [4.69, 9.17) is 0 Å². The Labute approximate surface area is 120 Å². The van der Waals surface area contributed by atoms with E-state index in [9.17, 15) is 0 Å². The number of rotatable bonds is 0. The summed E-state index contributed by atoms with van der Waals surface area (Å²) < 4.78 is 0. The van der Waals surface area contributed by atoms with Gasteiger partial charge in [0.05, 0.1) is 0 Å². The van der Waals surface area contributed by atoms with Crippen molar-refractivity contribution >= 4 is 15.9 Å². The lowest BCUT2D eigenvalue weighted by Crippen LogP contribution is -2.41. The molecule has 1 nitrogen and oxygen atoms in total. The predicted molar refractivity (Wildman–Crippen MR) is 78.6 cm³/mol. The molecule has 0 spiro atoms. The maximum atomic E-state index is 3.89. The molecule has 3 aliphatic carbocycles. The molecule has 2 heteroatoms. The van der Waals surface area contributed by atoms with Gasteiger partial charge < -0.3 is 0 Å². The molecular weight excluding hydrogens is 286 g/mol. The fourth-order valence-electron chi connectivity index (χ4n) is 5.78. The summed E-state index contributed by atoms with van der Waals surface area (Å²) in [6.45, 7) is 0. The second-order valence-electron chi connectivity index (χ2n) is 7.18. The number of halogens is 1. The van der Waals surface area contributed by atoms with E-state index in [0.717, 1.165) is 40.6 Å². The first-order valence-corrected chi connectivity index (χ1v) is 8.88. The number of hydrogen-bond donors (Lipinski definition) is 0. The largest absolute Gasteiger partial charge is 0.300 e. The first kappa shape index (κ1) is 12.2. The van der Waals surface area contributed by atoms with Crippen LogP contribution in [0.5, 0.6) is 0 Å². The molecule has 101 valence electrons. The highest BCUT2D eigenvalue weighted by atomic mass is 79.9. The minimum absolute atomic E-state index is 0.793. The summed E-state index contributed by atoms with van der Waals surface area (Å²) in [5.41, 5.74) is 0. The van der Waals surface area contributed by atoms with Gasteiger partial charge >= 0.3 is 0 Å². The summed E-state index contributed by atoms with van der Waals surface area (Å²) >= 11 is 3.89. The van der Waals surface area contributed by atoms with Crippen molar-refractivity contribution in [2.24, 2.45) is 23.7 Å². The van der Waals surface area contributed by atoms with E-state index in [1.54, 1.807) is 0 Å². The molecule has 0 N–H and O–H groups in total. The summed E-state index contributed by atoms with van der Waals surface area (Å²) in [6.07, 6.45) is 13.0. The normalized spacial score (nSPS) is 56.0. The third kappa shape index (κ3) is 1.67. The van der Waals surface area contributed by atoms with Crippen LogP contribution in [0.1, 0.15) is 44.9 Å². The van der Waals surface area contributed by atoms with E-state index < -0.39 is 0 Å². The average Bonchev–Trinajstić information content (AvgIpc) is 2.87. The van der Waals surface area contributed by atoms with E-state index in [2.05, 4.69) is 34.3 Å². The van der Waals surface area contributed by atoms with Crippen LogP contribution in [0.15, 0.2) is 0 Å². The van der Waals surface area contributed by atoms with Gasteiger partial charge in [-0.1, -0.05) is 28.8 Å². The van der Waals surface area contributed by atoms with Crippen molar-refractivity contribution in [2.45, 2.75) is 61.9 Å². The number of alkyl halides is 1. The second-order valence-corrected chi connectivity index (χ2v) is 8.47. The first-order chi connectivity index (χ1) is 8.75. The Morgan fingerprint density at radius 3 is 2.78 bits per heavy atom. The quantitative estimate of drug-likeness (QED) is 0.614. The van der Waals surface area contributed by atoms with Gasteiger partial charge in [0.1, 0.15) is 0 Å². The SMILES string of the molecule is CN1C2CCC(Br)CC2C2[CH]C3CCCCC3C21. The van der Waals surface area contributed by atoms with Crippen molar-refractivity contribution < 1.29 is 0 Å². The highest BCUT2D eigenvalue weighted by molar-refractivity contribution is 9.09. The van der Waals surface area contributed by atoms with Gasteiger partial charge in [0.25, 0.3) is 0 Å². The summed E-state index contributed by atoms with van der Waals surface area (Å²) in [5.74, 6) is 3.86. The Hall–Kier alpha value is 0.440. The minimum Gasteiger partial charge on any atom is -0.300 e. The molecule has 4 rings (SSSR count). The molecule has 1 saturated heterocycles. The molecule has 4 fully saturated rings. The van der Waals surface area contributed by atoms with Crippen LogP contribution in [0, 0.1) is 30.1 Å². The van der Waals surface area contributed by atoms with Crippen molar-refractivity contribution in [1.82, 2.24) is 4.90 Å². The summed E-state index contributed by atoms with van der Waals surface area (Å²) in [7, 11) is 2.43. The third-order valence-electron chi connectivity index (χ3n) is 6.46. The van der Waals surface area contributed by atoms with E-state index in [-0.39, 0.29) is 0 Å². The Balaban J connectivity index is 1.61. The van der Waals surface area contributed by atoms with Crippen LogP contribution >= 0.6 is 15.9 Å². The zero-order valence-electron chi connectivity index (χ0n) is 11.4. The van der Waals surface area contributed by atoms with Gasteiger partial charge in [0.15, 0.2) is 0 Å². The van der Waals surface area contributed by atoms with Crippen molar-refractivity contribution in [3.05, 3.63) is 6.42 Å². The van der Waals surface area contributed by atoms with Crippen LogP contribution in [0.4, 0.5) is 0 Å². The Morgan fingerprint density at radius 2 is 1.89 bits per heavy atom. The molecule has 18 heavy (non-hydrogen) atoms. The molecule has 0 amide bonds. The lowest BCUT2D eigenvalue weighted by molar-refractivity contribution is 0.127. The molecule has 7 unspecified atom stereocenters. The number of nitrogens with zero attached hydrogens (tertiary/aromatic N) is 1. The number of fused-ring (bicyclic) bond motifs is 5. The van der Waals surface area contributed by atoms with Gasteiger partial charge in [0, 0.05) is 16.9 Å². The van der Waals surface area contributed by atoms with Gasteiger partial charge in [-0.25, -0.2) is 0 Å². The molecule has 0 aromatic rings. The van der Waals surface area contributed by atoms with Gasteiger partial charge in [-0.3, -0.25) is 4.90 Å². The Bertz CT molecular complexity index is 331. The van der Waals surface area contributed by atoms with Crippen molar-refractivity contribution in [1.29, 1.82) is 0 Å². The molecule has 7 atom stereocenters. The molecule has 0 bridgehead atoms. The van der Waals surface area contributed by atoms with E-state index in [1.807, 2.05) is 0 Å². The Morgan fingerprint density at radius 1 is 1.06 bits per heavy atom. The lowest BCUT2D eigenvalue weighted by Gasteiger charge is -2.37. The number of hydrogen-bond acceptors (Lipinski definition) is 1. The summed E-state index contributed by atoms with van der Waals surface area (Å²) in [4.78, 5) is 3.60. The molecule has 0 aromatic carbocycles. The van der Waals surface area contributed by atoms with Crippen LogP contribution in [-0.2, 0) is 0 Å². The topological polar surface area (TPSA) is 3.24 Å². The van der Waals surface area contributed by atoms with Crippen molar-refractivity contribution in [2.75, 3.05) is 7.05 Å². The molecule has 1 heterocycles. The van der Waals surface area contributed by atoms with Crippen LogP contribution < -0.4 is 0 Å². The van der Waals surface area contributed by atoms with Gasteiger partial charge in [-0.2, -0.15) is 0 Å². The third-order valence-corrected chi connectivity index (χ3v) is 7.29. The molecule has 1 radical (unpaired) electrons.